The number of benzene rings is 2. The van der Waals surface area contributed by atoms with Crippen molar-refractivity contribution in [1.82, 2.24) is 20.6 Å². The molecule has 0 radical (unpaired) electrons. The number of carbonyl (C=O) groups excluding carboxylic acids is 1. The summed E-state index contributed by atoms with van der Waals surface area (Å²) in [6.45, 7) is 3.10. The first-order chi connectivity index (χ1) is 15.7. The number of para-hydroxylation sites is 1. The van der Waals surface area contributed by atoms with E-state index in [1.165, 1.54) is 6.08 Å². The molecule has 1 aliphatic heterocycles. The Hall–Kier alpha value is -3.88. The molecule has 9 heteroatoms. The second kappa shape index (κ2) is 10.4. The Kier molecular flexibility index (Phi) is 6.96. The normalized spacial score (nSPS) is 15.0. The minimum atomic E-state index is -0.519. The molecular weight excluding hydrogens is 410 g/mol. The van der Waals surface area contributed by atoms with Crippen LogP contribution in [0.3, 0.4) is 0 Å². The highest BCUT2D eigenvalue weighted by atomic mass is 16.6. The van der Waals surface area contributed by atoms with Crippen molar-refractivity contribution in [3.8, 4) is 17.2 Å². The van der Waals surface area contributed by atoms with E-state index in [9.17, 15) is 4.79 Å². The molecular formula is C23H25N5O4. The van der Waals surface area contributed by atoms with Crippen molar-refractivity contribution >= 4 is 17.7 Å². The molecule has 4 rings (SSSR count). The summed E-state index contributed by atoms with van der Waals surface area (Å²) < 4.78 is 17.5. The summed E-state index contributed by atoms with van der Waals surface area (Å²) in [4.78, 5) is 12.5. The first kappa shape index (κ1) is 21.4. The van der Waals surface area contributed by atoms with Crippen LogP contribution in [0.25, 0.3) is 6.08 Å². The van der Waals surface area contributed by atoms with Gasteiger partial charge in [0.1, 0.15) is 12.4 Å². The van der Waals surface area contributed by atoms with Gasteiger partial charge in [0.15, 0.2) is 17.6 Å². The second-order valence-electron chi connectivity index (χ2n) is 7.27. The van der Waals surface area contributed by atoms with Crippen LogP contribution >= 0.6 is 0 Å². The highest BCUT2D eigenvalue weighted by molar-refractivity contribution is 6.03. The van der Waals surface area contributed by atoms with E-state index in [0.717, 1.165) is 30.6 Å². The molecule has 166 valence electrons. The lowest BCUT2D eigenvalue weighted by Gasteiger charge is -2.26. The van der Waals surface area contributed by atoms with Gasteiger partial charge in [-0.2, -0.15) is 5.21 Å². The third-order valence-corrected chi connectivity index (χ3v) is 4.84. The average Bonchev–Trinajstić information content (AvgIpc) is 3.36. The van der Waals surface area contributed by atoms with Gasteiger partial charge in [-0.1, -0.05) is 43.2 Å². The first-order valence-corrected chi connectivity index (χ1v) is 10.6. The van der Waals surface area contributed by atoms with Gasteiger partial charge in [0.2, 0.25) is 11.7 Å². The Morgan fingerprint density at radius 1 is 1.28 bits per heavy atom. The smallest absolute Gasteiger partial charge is 0.248 e. The summed E-state index contributed by atoms with van der Waals surface area (Å²) in [5, 5.41) is 16.7. The van der Waals surface area contributed by atoms with Crippen LogP contribution in [0.4, 0.5) is 5.69 Å². The zero-order chi connectivity index (χ0) is 22.2. The van der Waals surface area contributed by atoms with Crippen LogP contribution in [0.5, 0.6) is 17.2 Å². The van der Waals surface area contributed by atoms with E-state index in [1.54, 1.807) is 24.3 Å². The van der Waals surface area contributed by atoms with Gasteiger partial charge in [-0.15, -0.1) is 10.2 Å². The number of hydrogen-bond acceptors (Lipinski definition) is 7. The van der Waals surface area contributed by atoms with E-state index in [2.05, 4.69) is 32.9 Å². The number of tetrazole rings is 1. The zero-order valence-corrected chi connectivity index (χ0v) is 17.8. The lowest BCUT2D eigenvalue weighted by molar-refractivity contribution is -0.111. The number of unbranched alkanes of at least 4 members (excludes halogenated alkanes) is 2. The number of aromatic nitrogens is 4. The Morgan fingerprint density at radius 2 is 2.19 bits per heavy atom. The van der Waals surface area contributed by atoms with Gasteiger partial charge in [0.25, 0.3) is 0 Å². The number of carbonyl (C=O) groups is 1. The van der Waals surface area contributed by atoms with Crippen molar-refractivity contribution in [3.63, 3.8) is 0 Å². The summed E-state index contributed by atoms with van der Waals surface area (Å²) in [6, 6.07) is 13.0. The molecule has 0 bridgehead atoms. The van der Waals surface area contributed by atoms with E-state index >= 15 is 0 Å². The standard InChI is InChI=1S/C23H25N5O4/c1-2-3-4-13-30-17-8-5-7-16(14-17)11-12-21(29)24-18-9-6-10-19-22(18)32-20(15-31-19)23-25-27-28-26-23/h5-12,14,20H,2-4,13,15H2,1H3,(H,24,29)(H,25,26,27,28). The monoisotopic (exact) mass is 435 g/mol. The molecule has 2 heterocycles. The molecule has 0 aliphatic carbocycles. The van der Waals surface area contributed by atoms with Crippen molar-refractivity contribution < 1.29 is 19.0 Å². The van der Waals surface area contributed by atoms with E-state index in [4.69, 9.17) is 14.2 Å². The van der Waals surface area contributed by atoms with Gasteiger partial charge in [-0.05, 0) is 42.3 Å². The summed E-state index contributed by atoms with van der Waals surface area (Å²) in [5.41, 5.74) is 1.37. The van der Waals surface area contributed by atoms with E-state index in [-0.39, 0.29) is 12.5 Å². The Bertz CT molecular complexity index is 1070. The molecule has 1 unspecified atom stereocenters. The number of nitrogens with one attached hydrogen (secondary N) is 2. The molecule has 32 heavy (non-hydrogen) atoms. The van der Waals surface area contributed by atoms with Crippen LogP contribution in [0.1, 0.15) is 43.7 Å². The number of hydrogen-bond donors (Lipinski definition) is 2. The third-order valence-electron chi connectivity index (χ3n) is 4.84. The molecule has 1 aliphatic rings. The number of nitrogens with zero attached hydrogens (tertiary/aromatic N) is 3. The minimum Gasteiger partial charge on any atom is -0.494 e. The number of H-pyrrole nitrogens is 1. The van der Waals surface area contributed by atoms with Crippen molar-refractivity contribution in [2.45, 2.75) is 32.3 Å². The molecule has 9 nitrogen and oxygen atoms in total. The molecule has 1 atom stereocenters. The average molecular weight is 435 g/mol. The summed E-state index contributed by atoms with van der Waals surface area (Å²) in [6.07, 6.45) is 6.02. The summed E-state index contributed by atoms with van der Waals surface area (Å²) >= 11 is 0. The summed E-state index contributed by atoms with van der Waals surface area (Å²) in [5.74, 6) is 1.85. The predicted molar refractivity (Wildman–Crippen MR) is 119 cm³/mol. The fourth-order valence-corrected chi connectivity index (χ4v) is 3.22. The highest BCUT2D eigenvalue weighted by Gasteiger charge is 2.28. The zero-order valence-electron chi connectivity index (χ0n) is 17.8. The van der Waals surface area contributed by atoms with Crippen molar-refractivity contribution in [3.05, 3.63) is 59.9 Å². The number of rotatable bonds is 9. The summed E-state index contributed by atoms with van der Waals surface area (Å²) in [7, 11) is 0. The number of ether oxygens (including phenoxy) is 3. The van der Waals surface area contributed by atoms with Gasteiger partial charge in [-0.25, -0.2) is 0 Å². The molecule has 0 saturated carbocycles. The molecule has 3 aromatic rings. The van der Waals surface area contributed by atoms with Gasteiger partial charge < -0.3 is 19.5 Å². The Balaban J connectivity index is 1.39. The topological polar surface area (TPSA) is 111 Å². The second-order valence-corrected chi connectivity index (χ2v) is 7.27. The van der Waals surface area contributed by atoms with Crippen LogP contribution < -0.4 is 19.5 Å². The van der Waals surface area contributed by atoms with E-state index in [1.807, 2.05) is 24.3 Å². The van der Waals surface area contributed by atoms with Gasteiger partial charge >= 0.3 is 0 Å². The molecule has 0 fully saturated rings. The SMILES string of the molecule is CCCCCOc1cccc(C=CC(=O)Nc2cccc3c2OC(c2nn[nH]n2)CO3)c1. The van der Waals surface area contributed by atoms with Gasteiger partial charge in [0.05, 0.1) is 12.3 Å². The van der Waals surface area contributed by atoms with Crippen LogP contribution in [-0.4, -0.2) is 39.7 Å². The number of amides is 1. The van der Waals surface area contributed by atoms with Crippen molar-refractivity contribution in [2.24, 2.45) is 0 Å². The lowest BCUT2D eigenvalue weighted by Crippen LogP contribution is -2.24. The number of aromatic amines is 1. The fourth-order valence-electron chi connectivity index (χ4n) is 3.22. The molecule has 2 aromatic carbocycles. The van der Waals surface area contributed by atoms with Crippen molar-refractivity contribution in [1.29, 1.82) is 0 Å². The third kappa shape index (κ3) is 5.42. The largest absolute Gasteiger partial charge is 0.494 e. The molecule has 1 aromatic heterocycles. The maximum atomic E-state index is 12.5. The number of anilines is 1. The van der Waals surface area contributed by atoms with Crippen LogP contribution in [-0.2, 0) is 4.79 Å². The molecule has 1 amide bonds. The van der Waals surface area contributed by atoms with Crippen LogP contribution in [0.2, 0.25) is 0 Å². The van der Waals surface area contributed by atoms with Gasteiger partial charge in [-0.3, -0.25) is 4.79 Å². The number of fused-ring (bicyclic) bond motifs is 1. The quantitative estimate of drug-likeness (QED) is 0.387. The fraction of sp³-hybridized carbons (Fsp3) is 0.304. The Labute approximate surface area is 185 Å². The van der Waals surface area contributed by atoms with Crippen LogP contribution in [0.15, 0.2) is 48.5 Å². The molecule has 0 spiro atoms. The minimum absolute atomic E-state index is 0.251. The maximum Gasteiger partial charge on any atom is 0.248 e. The molecule has 0 saturated heterocycles. The van der Waals surface area contributed by atoms with Crippen molar-refractivity contribution in [2.75, 3.05) is 18.5 Å². The van der Waals surface area contributed by atoms with Gasteiger partial charge in [0, 0.05) is 6.08 Å². The first-order valence-electron chi connectivity index (χ1n) is 10.6. The lowest BCUT2D eigenvalue weighted by atomic mass is 10.2. The highest BCUT2D eigenvalue weighted by Crippen LogP contribution is 2.41. The van der Waals surface area contributed by atoms with E-state index in [0.29, 0.717) is 29.6 Å². The predicted octanol–water partition coefficient (Wildman–Crippen LogP) is 3.93. The van der Waals surface area contributed by atoms with E-state index < -0.39 is 6.10 Å². The maximum absolute atomic E-state index is 12.5. The molecule has 2 N–H and O–H groups in total. The van der Waals surface area contributed by atoms with Crippen LogP contribution in [0, 0.1) is 0 Å². The Morgan fingerprint density at radius 3 is 3.03 bits per heavy atom.